The third kappa shape index (κ3) is 5.40. The van der Waals surface area contributed by atoms with Crippen molar-refractivity contribution in [3.05, 3.63) is 59.0 Å². The van der Waals surface area contributed by atoms with Crippen LogP contribution in [0.5, 0.6) is 0 Å². The van der Waals surface area contributed by atoms with Gasteiger partial charge in [-0.15, -0.1) is 0 Å². The number of halogens is 1. The molecule has 0 bridgehead atoms. The van der Waals surface area contributed by atoms with Crippen molar-refractivity contribution < 1.29 is 9.18 Å². The second-order valence-corrected chi connectivity index (χ2v) is 6.93. The number of pyridine rings is 1. The van der Waals surface area contributed by atoms with Crippen molar-refractivity contribution in [2.45, 2.75) is 20.0 Å². The van der Waals surface area contributed by atoms with Crippen LogP contribution in [0.1, 0.15) is 16.7 Å². The van der Waals surface area contributed by atoms with Crippen LogP contribution < -0.4 is 15.5 Å². The van der Waals surface area contributed by atoms with Crippen LogP contribution in [0, 0.1) is 12.7 Å². The number of carbonyl (C=O) groups excluding carboxylic acids is 1. The van der Waals surface area contributed by atoms with Crippen molar-refractivity contribution in [3.63, 3.8) is 0 Å². The molecule has 1 aromatic carbocycles. The Labute approximate surface area is 159 Å². The second kappa shape index (κ2) is 8.81. The lowest BCUT2D eigenvalue weighted by Crippen LogP contribution is -2.44. The average molecular weight is 371 g/mol. The number of amides is 2. The van der Waals surface area contributed by atoms with Gasteiger partial charge in [-0.05, 0) is 48.9 Å². The number of hydrogen-bond donors (Lipinski definition) is 2. The minimum Gasteiger partial charge on any atom is -0.354 e. The van der Waals surface area contributed by atoms with Crippen molar-refractivity contribution in [2.75, 3.05) is 38.1 Å². The highest BCUT2D eigenvalue weighted by atomic mass is 19.1. The van der Waals surface area contributed by atoms with E-state index < -0.39 is 0 Å². The van der Waals surface area contributed by atoms with E-state index in [1.54, 1.807) is 25.3 Å². The number of anilines is 1. The van der Waals surface area contributed by atoms with Gasteiger partial charge in [-0.3, -0.25) is 0 Å². The van der Waals surface area contributed by atoms with E-state index in [0.717, 1.165) is 43.1 Å². The number of nitrogens with zero attached hydrogens (tertiary/aromatic N) is 3. The van der Waals surface area contributed by atoms with Gasteiger partial charge in [-0.25, -0.2) is 14.2 Å². The van der Waals surface area contributed by atoms with Crippen LogP contribution in [0.25, 0.3) is 0 Å². The summed E-state index contributed by atoms with van der Waals surface area (Å²) in [5.74, 6) is 0.710. The smallest absolute Gasteiger partial charge is 0.315 e. The summed E-state index contributed by atoms with van der Waals surface area (Å²) < 4.78 is 13.3. The van der Waals surface area contributed by atoms with E-state index >= 15 is 0 Å². The van der Waals surface area contributed by atoms with E-state index in [-0.39, 0.29) is 11.8 Å². The Morgan fingerprint density at radius 2 is 1.74 bits per heavy atom. The molecule has 1 fully saturated rings. The van der Waals surface area contributed by atoms with E-state index in [1.165, 1.54) is 6.07 Å². The van der Waals surface area contributed by atoms with E-state index in [2.05, 4.69) is 32.5 Å². The van der Waals surface area contributed by atoms with Gasteiger partial charge >= 0.3 is 6.03 Å². The Morgan fingerprint density at radius 1 is 1.07 bits per heavy atom. The second-order valence-electron chi connectivity index (χ2n) is 6.93. The lowest BCUT2D eigenvalue weighted by atomic mass is 10.1. The summed E-state index contributed by atoms with van der Waals surface area (Å²) in [6.07, 6.45) is 1.78. The largest absolute Gasteiger partial charge is 0.354 e. The Hall–Kier alpha value is -2.67. The molecule has 0 aliphatic carbocycles. The molecule has 0 saturated carbocycles. The van der Waals surface area contributed by atoms with Crippen molar-refractivity contribution in [3.8, 4) is 0 Å². The van der Waals surface area contributed by atoms with Crippen molar-refractivity contribution in [2.24, 2.45) is 0 Å². The van der Waals surface area contributed by atoms with Crippen LogP contribution in [0.4, 0.5) is 15.0 Å². The molecule has 1 aromatic heterocycles. The standard InChI is InChI=1S/C20H26FN5O/c1-15-11-16(3-4-18(15)21)13-23-20(27)24-14-17-5-6-22-19(12-17)26-9-7-25(2)8-10-26/h3-6,11-12H,7-10,13-14H2,1-2H3,(H2,23,24,27). The number of aryl methyl sites for hydroxylation is 1. The number of rotatable bonds is 5. The monoisotopic (exact) mass is 371 g/mol. The highest BCUT2D eigenvalue weighted by Gasteiger charge is 2.15. The van der Waals surface area contributed by atoms with E-state index in [0.29, 0.717) is 18.7 Å². The summed E-state index contributed by atoms with van der Waals surface area (Å²) in [4.78, 5) is 21.1. The number of nitrogens with one attached hydrogen (secondary N) is 2. The first-order valence-electron chi connectivity index (χ1n) is 9.16. The zero-order chi connectivity index (χ0) is 19.2. The number of benzene rings is 1. The first-order chi connectivity index (χ1) is 13.0. The maximum atomic E-state index is 13.3. The minimum atomic E-state index is -0.255. The maximum absolute atomic E-state index is 13.3. The summed E-state index contributed by atoms with van der Waals surface area (Å²) in [6, 6.07) is 8.50. The van der Waals surface area contributed by atoms with Gasteiger partial charge in [-0.2, -0.15) is 0 Å². The summed E-state index contributed by atoms with van der Waals surface area (Å²) in [7, 11) is 2.12. The molecule has 144 valence electrons. The molecular weight excluding hydrogens is 345 g/mol. The van der Waals surface area contributed by atoms with Crippen LogP contribution in [0.2, 0.25) is 0 Å². The topological polar surface area (TPSA) is 60.5 Å². The molecule has 1 saturated heterocycles. The number of carbonyl (C=O) groups is 1. The minimum absolute atomic E-state index is 0.239. The summed E-state index contributed by atoms with van der Waals surface area (Å²) in [6.45, 7) is 6.45. The van der Waals surface area contributed by atoms with Gasteiger partial charge in [0.2, 0.25) is 0 Å². The molecule has 1 aliphatic heterocycles. The van der Waals surface area contributed by atoms with Crippen molar-refractivity contribution in [1.29, 1.82) is 0 Å². The molecular formula is C20H26FN5O. The summed E-state index contributed by atoms with van der Waals surface area (Å²) in [5, 5.41) is 5.65. The molecule has 2 N–H and O–H groups in total. The highest BCUT2D eigenvalue weighted by Crippen LogP contribution is 2.14. The van der Waals surface area contributed by atoms with Gasteiger partial charge in [0.15, 0.2) is 0 Å². The van der Waals surface area contributed by atoms with E-state index in [4.69, 9.17) is 0 Å². The quantitative estimate of drug-likeness (QED) is 0.847. The van der Waals surface area contributed by atoms with Gasteiger partial charge in [0, 0.05) is 45.5 Å². The molecule has 2 aromatic rings. The lowest BCUT2D eigenvalue weighted by Gasteiger charge is -2.33. The van der Waals surface area contributed by atoms with Gasteiger partial charge in [-0.1, -0.05) is 12.1 Å². The molecule has 0 spiro atoms. The predicted octanol–water partition coefficient (Wildman–Crippen LogP) is 2.28. The molecule has 27 heavy (non-hydrogen) atoms. The molecule has 0 unspecified atom stereocenters. The number of likely N-dealkylation sites (N-methyl/N-ethyl adjacent to an activating group) is 1. The Morgan fingerprint density at radius 3 is 2.41 bits per heavy atom. The Bertz CT molecular complexity index is 790. The summed E-state index contributed by atoms with van der Waals surface area (Å²) in [5.41, 5.74) is 2.44. The van der Waals surface area contributed by atoms with Crippen LogP contribution in [0.3, 0.4) is 0 Å². The predicted molar refractivity (Wildman–Crippen MR) is 104 cm³/mol. The SMILES string of the molecule is Cc1cc(CNC(=O)NCc2ccnc(N3CCN(C)CC3)c2)ccc1F. The van der Waals surface area contributed by atoms with Crippen LogP contribution in [-0.2, 0) is 13.1 Å². The first-order valence-corrected chi connectivity index (χ1v) is 9.16. The molecule has 1 aliphatic rings. The third-order valence-electron chi connectivity index (χ3n) is 4.77. The van der Waals surface area contributed by atoms with Crippen LogP contribution in [-0.4, -0.2) is 49.1 Å². The molecule has 3 rings (SSSR count). The van der Waals surface area contributed by atoms with E-state index in [9.17, 15) is 9.18 Å². The van der Waals surface area contributed by atoms with Crippen molar-refractivity contribution in [1.82, 2.24) is 20.5 Å². The first kappa shape index (κ1) is 19.1. The fraction of sp³-hybridized carbons (Fsp3) is 0.400. The fourth-order valence-electron chi connectivity index (χ4n) is 3.02. The average Bonchev–Trinajstić information content (AvgIpc) is 2.68. The van der Waals surface area contributed by atoms with Crippen LogP contribution >= 0.6 is 0 Å². The van der Waals surface area contributed by atoms with E-state index in [1.807, 2.05) is 12.1 Å². The molecule has 0 radical (unpaired) electrons. The van der Waals surface area contributed by atoms with Crippen LogP contribution in [0.15, 0.2) is 36.5 Å². The third-order valence-corrected chi connectivity index (χ3v) is 4.77. The summed E-state index contributed by atoms with van der Waals surface area (Å²) >= 11 is 0. The van der Waals surface area contributed by atoms with Gasteiger partial charge in [0.1, 0.15) is 11.6 Å². The Kier molecular flexibility index (Phi) is 6.24. The molecule has 0 atom stereocenters. The number of piperazine rings is 1. The number of urea groups is 1. The number of hydrogen-bond acceptors (Lipinski definition) is 4. The molecule has 7 heteroatoms. The number of aromatic nitrogens is 1. The molecule has 6 nitrogen and oxygen atoms in total. The lowest BCUT2D eigenvalue weighted by molar-refractivity contribution is 0.240. The highest BCUT2D eigenvalue weighted by molar-refractivity contribution is 5.73. The zero-order valence-electron chi connectivity index (χ0n) is 15.8. The van der Waals surface area contributed by atoms with Gasteiger partial charge in [0.25, 0.3) is 0 Å². The molecule has 2 amide bonds. The Balaban J connectivity index is 1.48. The van der Waals surface area contributed by atoms with Crippen molar-refractivity contribution >= 4 is 11.8 Å². The van der Waals surface area contributed by atoms with Gasteiger partial charge in [0.05, 0.1) is 0 Å². The van der Waals surface area contributed by atoms with Gasteiger partial charge < -0.3 is 20.4 Å². The fourth-order valence-corrected chi connectivity index (χ4v) is 3.02. The molecule has 2 heterocycles. The zero-order valence-corrected chi connectivity index (χ0v) is 15.8. The maximum Gasteiger partial charge on any atom is 0.315 e. The normalized spacial score (nSPS) is 14.9.